The van der Waals surface area contributed by atoms with E-state index in [-0.39, 0.29) is 5.92 Å². The predicted octanol–water partition coefficient (Wildman–Crippen LogP) is 3.97. The molecule has 15 heteroatoms. The lowest BCUT2D eigenvalue weighted by Gasteiger charge is -2.34. The molecule has 29 heavy (non-hydrogen) atoms. The molecule has 0 spiro atoms. The Morgan fingerprint density at radius 2 is 1.31 bits per heavy atom. The van der Waals surface area contributed by atoms with E-state index >= 15 is 0 Å². The highest BCUT2D eigenvalue weighted by Crippen LogP contribution is 2.54. The highest BCUT2D eigenvalue weighted by Gasteiger charge is 2.83. The zero-order chi connectivity index (χ0) is 23.5. The standard InChI is InChI=1S/C10H19OS.C4HF9O3S/c1-9(2)10(11)8-12-6-4-3-5-7-12;5-1(6,3(9,10)11)2(7,8)4(12,13)17(14,15)16/h9H,3-8H2,1-2H3;(H,14,15,16)/q+1;/p-1. The van der Waals surface area contributed by atoms with E-state index < -0.39 is 33.4 Å². The number of hydrogen-bond acceptors (Lipinski definition) is 4. The number of Topliss-reactive ketones (excluding diaryl/α,β-unsaturated/α-hetero) is 1. The smallest absolute Gasteiger partial charge is 0.460 e. The average Bonchev–Trinajstić information content (AvgIpc) is 2.53. The van der Waals surface area contributed by atoms with Crippen LogP contribution in [0.5, 0.6) is 0 Å². The van der Waals surface area contributed by atoms with E-state index in [1.165, 1.54) is 30.8 Å². The van der Waals surface area contributed by atoms with Crippen LogP contribution >= 0.6 is 0 Å². The van der Waals surface area contributed by atoms with Gasteiger partial charge in [0.15, 0.2) is 21.7 Å². The average molecular weight is 486 g/mol. The molecule has 0 aromatic rings. The van der Waals surface area contributed by atoms with Crippen molar-refractivity contribution in [2.45, 2.75) is 56.4 Å². The third kappa shape index (κ3) is 6.64. The lowest BCUT2D eigenvalue weighted by Crippen LogP contribution is -2.63. The minimum Gasteiger partial charge on any atom is -0.743 e. The summed E-state index contributed by atoms with van der Waals surface area (Å²) in [5.74, 6) is -10.6. The van der Waals surface area contributed by atoms with Crippen molar-refractivity contribution < 1.29 is 57.3 Å². The van der Waals surface area contributed by atoms with E-state index in [1.54, 1.807) is 0 Å². The summed E-state index contributed by atoms with van der Waals surface area (Å²) in [4.78, 5) is 11.4. The number of alkyl halides is 9. The summed E-state index contributed by atoms with van der Waals surface area (Å²) in [6.45, 7) is 4.02. The third-order valence-electron chi connectivity index (χ3n) is 3.79. The van der Waals surface area contributed by atoms with E-state index in [2.05, 4.69) is 0 Å². The molecule has 1 aliphatic rings. The second-order valence-corrected chi connectivity index (χ2v) is 10.2. The van der Waals surface area contributed by atoms with Gasteiger partial charge in [-0.1, -0.05) is 13.8 Å². The van der Waals surface area contributed by atoms with Crippen LogP contribution in [0.4, 0.5) is 39.5 Å². The van der Waals surface area contributed by atoms with Crippen molar-refractivity contribution in [2.75, 3.05) is 17.3 Å². The molecule has 1 fully saturated rings. The van der Waals surface area contributed by atoms with Gasteiger partial charge >= 0.3 is 23.3 Å². The fourth-order valence-corrected chi connectivity index (χ4v) is 4.82. The first kappa shape index (κ1) is 28.3. The Morgan fingerprint density at radius 1 is 0.897 bits per heavy atom. The van der Waals surface area contributed by atoms with Gasteiger partial charge < -0.3 is 4.55 Å². The number of halogens is 9. The quantitative estimate of drug-likeness (QED) is 0.324. The van der Waals surface area contributed by atoms with Crippen molar-refractivity contribution in [3.8, 4) is 0 Å². The van der Waals surface area contributed by atoms with E-state index in [1.807, 2.05) is 13.8 Å². The molecule has 4 nitrogen and oxygen atoms in total. The van der Waals surface area contributed by atoms with Crippen molar-refractivity contribution in [1.29, 1.82) is 0 Å². The van der Waals surface area contributed by atoms with Gasteiger partial charge in [-0.25, -0.2) is 8.42 Å². The van der Waals surface area contributed by atoms with Gasteiger partial charge in [0.25, 0.3) is 0 Å². The van der Waals surface area contributed by atoms with E-state index in [9.17, 15) is 57.3 Å². The van der Waals surface area contributed by atoms with Crippen molar-refractivity contribution in [3.05, 3.63) is 0 Å². The Bertz CT molecular complexity index is 654. The molecular formula is C14H19F9O4S2. The molecule has 0 bridgehead atoms. The van der Waals surface area contributed by atoms with Gasteiger partial charge in [0.05, 0.1) is 0 Å². The fourth-order valence-electron chi connectivity index (χ4n) is 1.92. The van der Waals surface area contributed by atoms with E-state index in [0.29, 0.717) is 16.7 Å². The maximum atomic E-state index is 12.2. The second kappa shape index (κ2) is 9.62. The molecule has 0 unspecified atom stereocenters. The molecule has 0 saturated carbocycles. The number of carbonyl (C=O) groups excluding carboxylic acids is 1. The summed E-state index contributed by atoms with van der Waals surface area (Å²) >= 11 is 0. The van der Waals surface area contributed by atoms with Crippen molar-refractivity contribution in [1.82, 2.24) is 0 Å². The molecule has 0 radical (unpaired) electrons. The summed E-state index contributed by atoms with van der Waals surface area (Å²) in [7, 11) is -6.96. The Morgan fingerprint density at radius 3 is 1.62 bits per heavy atom. The van der Waals surface area contributed by atoms with Crippen LogP contribution in [0.25, 0.3) is 0 Å². The Kier molecular flexibility index (Phi) is 9.39. The van der Waals surface area contributed by atoms with Crippen LogP contribution in [-0.4, -0.2) is 59.3 Å². The van der Waals surface area contributed by atoms with Gasteiger partial charge in [-0.05, 0) is 30.2 Å². The molecule has 1 aliphatic heterocycles. The SMILES string of the molecule is CC(C)C(=O)C[S+]1CCCCC1.O=S(=O)([O-])C(F)(F)C(F)(F)C(F)(F)C(F)(F)F. The molecule has 0 aliphatic carbocycles. The zero-order valence-electron chi connectivity index (χ0n) is 15.2. The predicted molar refractivity (Wildman–Crippen MR) is 86.3 cm³/mol. The molecule has 1 saturated heterocycles. The highest BCUT2D eigenvalue weighted by atomic mass is 32.2. The van der Waals surface area contributed by atoms with E-state index in [0.717, 1.165) is 5.75 Å². The van der Waals surface area contributed by atoms with Crippen LogP contribution in [0, 0.1) is 5.92 Å². The van der Waals surface area contributed by atoms with Gasteiger partial charge in [-0.2, -0.15) is 39.5 Å². The summed E-state index contributed by atoms with van der Waals surface area (Å²) in [6, 6.07) is 0. The van der Waals surface area contributed by atoms with Gasteiger partial charge in [0.2, 0.25) is 0 Å². The lowest BCUT2D eigenvalue weighted by atomic mass is 10.1. The maximum Gasteiger partial charge on any atom is 0.460 e. The van der Waals surface area contributed by atoms with Crippen molar-refractivity contribution in [3.63, 3.8) is 0 Å². The first-order valence-corrected chi connectivity index (χ1v) is 11.2. The van der Waals surface area contributed by atoms with Crippen LogP contribution in [0.3, 0.4) is 0 Å². The monoisotopic (exact) mass is 486 g/mol. The van der Waals surface area contributed by atoms with Gasteiger partial charge in [-0.15, -0.1) is 0 Å². The minimum atomic E-state index is -7.43. The molecule has 1 rings (SSSR count). The Balaban J connectivity index is 0.000000571. The number of hydrogen-bond donors (Lipinski definition) is 0. The van der Waals surface area contributed by atoms with Gasteiger partial charge in [0, 0.05) is 5.92 Å². The number of ketones is 1. The topological polar surface area (TPSA) is 74.3 Å². The largest absolute Gasteiger partial charge is 0.743 e. The van der Waals surface area contributed by atoms with Crippen molar-refractivity contribution in [2.24, 2.45) is 5.92 Å². The van der Waals surface area contributed by atoms with E-state index in [4.69, 9.17) is 0 Å². The minimum absolute atomic E-state index is 0.249. The first-order chi connectivity index (χ1) is 12.7. The van der Waals surface area contributed by atoms with Gasteiger partial charge in [-0.3, -0.25) is 4.79 Å². The second-order valence-electron chi connectivity index (χ2n) is 6.46. The zero-order valence-corrected chi connectivity index (χ0v) is 16.8. The summed E-state index contributed by atoms with van der Waals surface area (Å²) < 4.78 is 135. The van der Waals surface area contributed by atoms with Gasteiger partial charge in [0.1, 0.15) is 11.5 Å². The van der Waals surface area contributed by atoms with Crippen LogP contribution < -0.4 is 0 Å². The number of rotatable bonds is 6. The third-order valence-corrected chi connectivity index (χ3v) is 7.10. The van der Waals surface area contributed by atoms with Crippen LogP contribution in [0.15, 0.2) is 0 Å². The fraction of sp³-hybridized carbons (Fsp3) is 0.929. The highest BCUT2D eigenvalue weighted by molar-refractivity contribution is 7.97. The molecular weight excluding hydrogens is 467 g/mol. The summed E-state index contributed by atoms with van der Waals surface area (Å²) in [6.07, 6.45) is -3.06. The van der Waals surface area contributed by atoms with Crippen LogP contribution in [0.1, 0.15) is 33.1 Å². The van der Waals surface area contributed by atoms with Crippen molar-refractivity contribution >= 4 is 26.8 Å². The molecule has 0 amide bonds. The molecule has 1 heterocycles. The number of carbonyl (C=O) groups is 1. The summed E-state index contributed by atoms with van der Waals surface area (Å²) in [5, 5.41) is -7.11. The lowest BCUT2D eigenvalue weighted by molar-refractivity contribution is -0.382. The molecule has 174 valence electrons. The first-order valence-electron chi connectivity index (χ1n) is 8.02. The molecule has 0 N–H and O–H groups in total. The molecule has 0 atom stereocenters. The Labute approximate surface area is 164 Å². The normalized spacial score (nSPS) is 17.7. The molecule has 0 aromatic carbocycles. The Hall–Kier alpha value is -0.700. The van der Waals surface area contributed by atoms with Crippen LogP contribution in [-0.2, 0) is 25.8 Å². The maximum absolute atomic E-state index is 12.2. The van der Waals surface area contributed by atoms with Crippen LogP contribution in [0.2, 0.25) is 0 Å². The summed E-state index contributed by atoms with van der Waals surface area (Å²) in [5.41, 5.74) is 0. The molecule has 0 aromatic heterocycles.